The third-order valence-corrected chi connectivity index (χ3v) is 6.04. The second kappa shape index (κ2) is 9.06. The number of carbonyl (C=O) groups is 1. The van der Waals surface area contributed by atoms with Gasteiger partial charge < -0.3 is 10.7 Å². The summed E-state index contributed by atoms with van der Waals surface area (Å²) < 4.78 is 43.5. The number of hydrogen-bond acceptors (Lipinski definition) is 3. The van der Waals surface area contributed by atoms with E-state index in [0.717, 1.165) is 30.0 Å². The summed E-state index contributed by atoms with van der Waals surface area (Å²) in [4.78, 5) is 26.4. The van der Waals surface area contributed by atoms with E-state index in [1.165, 1.54) is 24.3 Å². The number of halogens is 3. The molecule has 1 atom stereocenters. The van der Waals surface area contributed by atoms with Crippen molar-refractivity contribution in [1.29, 1.82) is 0 Å². The van der Waals surface area contributed by atoms with Crippen LogP contribution in [-0.4, -0.2) is 17.1 Å². The van der Waals surface area contributed by atoms with Crippen LogP contribution in [0.1, 0.15) is 53.8 Å². The van der Waals surface area contributed by atoms with Gasteiger partial charge in [0.1, 0.15) is 18.3 Å². The van der Waals surface area contributed by atoms with Gasteiger partial charge >= 0.3 is 0 Å². The maximum absolute atomic E-state index is 14.6. The maximum atomic E-state index is 14.6. The SMILES string of the molecule is CCNn1c(C[18F])c(C(=O)N[C@H](c2cccc(F)c2)C2CCC2)c2cccc(F)c2c1=O. The van der Waals surface area contributed by atoms with E-state index in [9.17, 15) is 22.8 Å². The standard InChI is InChI=1S/C24H24F3N3O2/c1-2-28-30-19(13-25)21(17-10-5-11-18(27)20(17)24(30)32)23(31)29-22(14-6-3-7-14)15-8-4-9-16(26)12-15/h4-5,8-12,14,22,28H,2-3,6-7,13H2,1H3,(H,29,31)/t22-/m0/s1/i25-1. The van der Waals surface area contributed by atoms with Gasteiger partial charge in [-0.05, 0) is 49.4 Å². The second-order valence-electron chi connectivity index (χ2n) is 7.97. The van der Waals surface area contributed by atoms with Crippen molar-refractivity contribution in [3.8, 4) is 0 Å². The third-order valence-electron chi connectivity index (χ3n) is 6.04. The fraction of sp³-hybridized carbons (Fsp3) is 0.333. The van der Waals surface area contributed by atoms with Gasteiger partial charge in [0.05, 0.1) is 22.7 Å². The van der Waals surface area contributed by atoms with Crippen molar-refractivity contribution in [2.45, 2.75) is 38.9 Å². The number of benzene rings is 2. The van der Waals surface area contributed by atoms with E-state index in [0.29, 0.717) is 5.56 Å². The van der Waals surface area contributed by atoms with E-state index in [2.05, 4.69) is 10.7 Å². The zero-order valence-corrected chi connectivity index (χ0v) is 17.6. The van der Waals surface area contributed by atoms with E-state index in [1.54, 1.807) is 19.1 Å². The Kier molecular flexibility index (Phi) is 6.21. The summed E-state index contributed by atoms with van der Waals surface area (Å²) >= 11 is 0. The van der Waals surface area contributed by atoms with Crippen LogP contribution in [0.25, 0.3) is 10.8 Å². The van der Waals surface area contributed by atoms with Crippen LogP contribution >= 0.6 is 0 Å². The first kappa shape index (κ1) is 21.9. The molecular weight excluding hydrogens is 418 g/mol. The molecule has 1 heterocycles. The quantitative estimate of drug-likeness (QED) is 0.563. The number of nitrogens with zero attached hydrogens (tertiary/aromatic N) is 1. The van der Waals surface area contributed by atoms with Crippen LogP contribution < -0.4 is 16.3 Å². The van der Waals surface area contributed by atoms with Gasteiger partial charge in [-0.15, -0.1) is 0 Å². The molecule has 168 valence electrons. The number of carbonyl (C=O) groups excluding carboxylic acids is 1. The first-order chi connectivity index (χ1) is 15.5. The Morgan fingerprint density at radius 1 is 1.19 bits per heavy atom. The molecule has 4 rings (SSSR count). The third kappa shape index (κ3) is 3.85. The minimum absolute atomic E-state index is 0.0425. The first-order valence-corrected chi connectivity index (χ1v) is 10.7. The van der Waals surface area contributed by atoms with Gasteiger partial charge in [0.25, 0.3) is 11.5 Å². The summed E-state index contributed by atoms with van der Waals surface area (Å²) in [6, 6.07) is 9.46. The van der Waals surface area contributed by atoms with Gasteiger partial charge in [-0.25, -0.2) is 17.8 Å². The Morgan fingerprint density at radius 2 is 1.94 bits per heavy atom. The van der Waals surface area contributed by atoms with Crippen molar-refractivity contribution in [3.63, 3.8) is 0 Å². The number of hydrogen-bond donors (Lipinski definition) is 2. The van der Waals surface area contributed by atoms with E-state index in [1.807, 2.05) is 0 Å². The normalized spacial score (nSPS) is 14.8. The van der Waals surface area contributed by atoms with E-state index in [4.69, 9.17) is 0 Å². The van der Waals surface area contributed by atoms with Crippen molar-refractivity contribution in [2.24, 2.45) is 5.92 Å². The number of nitrogens with one attached hydrogen (secondary N) is 2. The molecule has 2 aromatic carbocycles. The fourth-order valence-electron chi connectivity index (χ4n) is 4.32. The summed E-state index contributed by atoms with van der Waals surface area (Å²) in [5, 5.41) is 2.67. The highest BCUT2D eigenvalue weighted by Crippen LogP contribution is 2.38. The molecule has 5 nitrogen and oxygen atoms in total. The Morgan fingerprint density at radius 3 is 2.56 bits per heavy atom. The Labute approximate surface area is 183 Å². The average Bonchev–Trinajstić information content (AvgIpc) is 2.73. The van der Waals surface area contributed by atoms with Gasteiger partial charge in [-0.1, -0.05) is 30.7 Å². The molecule has 1 aliphatic carbocycles. The molecule has 2 N–H and O–H groups in total. The van der Waals surface area contributed by atoms with Crippen molar-refractivity contribution in [2.75, 3.05) is 12.0 Å². The summed E-state index contributed by atoms with van der Waals surface area (Å²) in [5.74, 6) is -1.74. The average molecular weight is 442 g/mol. The Bertz CT molecular complexity index is 1220. The molecule has 1 amide bonds. The molecule has 0 bridgehead atoms. The van der Waals surface area contributed by atoms with Crippen molar-refractivity contribution in [1.82, 2.24) is 9.99 Å². The second-order valence-corrected chi connectivity index (χ2v) is 7.97. The van der Waals surface area contributed by atoms with Crippen molar-refractivity contribution < 1.29 is 18.0 Å². The highest BCUT2D eigenvalue weighted by atomic mass is 19.1. The van der Waals surface area contributed by atoms with E-state index in [-0.39, 0.29) is 34.5 Å². The fourth-order valence-corrected chi connectivity index (χ4v) is 4.32. The Hall–Kier alpha value is -3.29. The van der Waals surface area contributed by atoms with Gasteiger partial charge in [0.15, 0.2) is 0 Å². The molecule has 1 aromatic heterocycles. The minimum atomic E-state index is -1.11. The smallest absolute Gasteiger partial charge is 0.280 e. The minimum Gasteiger partial charge on any atom is -0.345 e. The van der Waals surface area contributed by atoms with Crippen molar-refractivity contribution >= 4 is 16.7 Å². The van der Waals surface area contributed by atoms with Crippen LogP contribution in [0.2, 0.25) is 0 Å². The van der Waals surface area contributed by atoms with Crippen LogP contribution in [0, 0.1) is 17.6 Å². The largest absolute Gasteiger partial charge is 0.345 e. The number of rotatable bonds is 7. The maximum Gasteiger partial charge on any atom is 0.280 e. The molecule has 0 unspecified atom stereocenters. The van der Waals surface area contributed by atoms with Crippen LogP contribution in [0.3, 0.4) is 0 Å². The monoisotopic (exact) mass is 442 g/mol. The van der Waals surface area contributed by atoms with E-state index < -0.39 is 35.8 Å². The highest BCUT2D eigenvalue weighted by Gasteiger charge is 2.32. The Balaban J connectivity index is 1.86. The first-order valence-electron chi connectivity index (χ1n) is 10.7. The number of fused-ring (bicyclic) bond motifs is 1. The molecular formula is C24H24F3N3O2. The lowest BCUT2D eigenvalue weighted by molar-refractivity contribution is 0.0899. The zero-order valence-electron chi connectivity index (χ0n) is 17.6. The van der Waals surface area contributed by atoms with Crippen LogP contribution in [0.5, 0.6) is 0 Å². The predicted octanol–water partition coefficient (Wildman–Crippen LogP) is 4.58. The molecule has 3 aromatic rings. The molecule has 1 saturated carbocycles. The molecule has 32 heavy (non-hydrogen) atoms. The number of aromatic nitrogens is 1. The lowest BCUT2D eigenvalue weighted by Gasteiger charge is -2.35. The molecule has 0 saturated heterocycles. The van der Waals surface area contributed by atoms with Crippen LogP contribution in [0.15, 0.2) is 47.3 Å². The summed E-state index contributed by atoms with van der Waals surface area (Å²) in [5.41, 5.74) is 2.28. The lowest BCUT2D eigenvalue weighted by atomic mass is 9.77. The predicted molar refractivity (Wildman–Crippen MR) is 117 cm³/mol. The summed E-state index contributed by atoms with van der Waals surface area (Å²) in [6.45, 7) is 0.865. The molecule has 1 fully saturated rings. The van der Waals surface area contributed by atoms with Gasteiger partial charge in [-0.3, -0.25) is 9.59 Å². The van der Waals surface area contributed by atoms with Crippen molar-refractivity contribution in [3.05, 3.63) is 81.3 Å². The number of pyridine rings is 1. The summed E-state index contributed by atoms with van der Waals surface area (Å²) in [7, 11) is 0. The zero-order chi connectivity index (χ0) is 22.8. The molecule has 8 heteroatoms. The van der Waals surface area contributed by atoms with E-state index >= 15 is 0 Å². The highest BCUT2D eigenvalue weighted by molar-refractivity contribution is 6.08. The van der Waals surface area contributed by atoms with Gasteiger partial charge in [-0.2, -0.15) is 0 Å². The number of alkyl halides is 1. The molecule has 1 aliphatic rings. The summed E-state index contributed by atoms with van der Waals surface area (Å²) in [6.07, 6.45) is 2.73. The van der Waals surface area contributed by atoms with Crippen LogP contribution in [0.4, 0.5) is 13.2 Å². The van der Waals surface area contributed by atoms with Gasteiger partial charge in [0, 0.05) is 11.9 Å². The number of amides is 1. The molecule has 0 spiro atoms. The lowest BCUT2D eigenvalue weighted by Crippen LogP contribution is -2.39. The van der Waals surface area contributed by atoms with Crippen LogP contribution in [-0.2, 0) is 6.67 Å². The molecule has 0 aliphatic heterocycles. The molecule has 0 radical (unpaired) electrons. The topological polar surface area (TPSA) is 63.1 Å². The van der Waals surface area contributed by atoms with Gasteiger partial charge in [0.2, 0.25) is 0 Å².